The zero-order valence-corrected chi connectivity index (χ0v) is 12.0. The van der Waals surface area contributed by atoms with Crippen molar-refractivity contribution in [2.75, 3.05) is 20.6 Å². The molecule has 0 amide bonds. The largest absolute Gasteiger partial charge is 0.309 e. The Balaban J connectivity index is 0. The van der Waals surface area contributed by atoms with E-state index in [-0.39, 0.29) is 0 Å². The smallest absolute Gasteiger partial charge is 0.123 e. The van der Waals surface area contributed by atoms with E-state index in [0.717, 1.165) is 19.1 Å². The average molecular weight is 229 g/mol. The molecule has 1 fully saturated rings. The molecule has 0 bridgehead atoms. The molecule has 1 rings (SSSR count). The molecule has 0 spiro atoms. The van der Waals surface area contributed by atoms with Crippen LogP contribution in [0.25, 0.3) is 0 Å². The lowest BCUT2D eigenvalue weighted by atomic mass is 9.91. The predicted octanol–water partition coefficient (Wildman–Crippen LogP) is 3.75. The number of carbonyl (C=O) groups is 1. The summed E-state index contributed by atoms with van der Waals surface area (Å²) in [7, 11) is 4.17. The SMILES string of the molecule is CC.CCCN(C)C.O=CC1CCCCC1. The van der Waals surface area contributed by atoms with E-state index in [1.165, 1.54) is 32.2 Å². The summed E-state index contributed by atoms with van der Waals surface area (Å²) in [6.07, 6.45) is 8.52. The van der Waals surface area contributed by atoms with E-state index in [4.69, 9.17) is 0 Å². The van der Waals surface area contributed by atoms with Crippen LogP contribution in [0.15, 0.2) is 0 Å². The Labute approximate surface area is 102 Å². The maximum atomic E-state index is 10.2. The Morgan fingerprint density at radius 3 is 1.81 bits per heavy atom. The second-order valence-corrected chi connectivity index (χ2v) is 4.34. The molecule has 0 heterocycles. The minimum Gasteiger partial charge on any atom is -0.309 e. The van der Waals surface area contributed by atoms with E-state index in [0.29, 0.717) is 5.92 Å². The Hall–Kier alpha value is -0.370. The standard InChI is InChI=1S/C7H12O.C5H13N.C2H6/c8-6-7-4-2-1-3-5-7;1-4-5-6(2)3;1-2/h6-7H,1-5H2;4-5H2,1-3H3;1-2H3. The minimum atomic E-state index is 0.406. The first-order chi connectivity index (χ1) is 7.70. The van der Waals surface area contributed by atoms with Crippen molar-refractivity contribution < 1.29 is 4.79 Å². The molecule has 0 aromatic rings. The minimum absolute atomic E-state index is 0.406. The Kier molecular flexibility index (Phi) is 16.5. The fraction of sp³-hybridized carbons (Fsp3) is 0.929. The molecule has 0 saturated heterocycles. The first kappa shape index (κ1) is 18.0. The van der Waals surface area contributed by atoms with Crippen LogP contribution in [0.3, 0.4) is 0 Å². The Bertz CT molecular complexity index is 129. The summed E-state index contributed by atoms with van der Waals surface area (Å²) in [4.78, 5) is 12.3. The van der Waals surface area contributed by atoms with Crippen molar-refractivity contribution >= 4 is 6.29 Å². The third kappa shape index (κ3) is 13.6. The van der Waals surface area contributed by atoms with Gasteiger partial charge in [-0.2, -0.15) is 0 Å². The molecular formula is C14H31NO. The van der Waals surface area contributed by atoms with Crippen molar-refractivity contribution in [2.24, 2.45) is 5.92 Å². The zero-order valence-electron chi connectivity index (χ0n) is 12.0. The van der Waals surface area contributed by atoms with Crippen molar-refractivity contribution in [1.82, 2.24) is 4.90 Å². The predicted molar refractivity (Wildman–Crippen MR) is 72.8 cm³/mol. The molecule has 0 aromatic carbocycles. The third-order valence-corrected chi connectivity index (χ3v) is 2.51. The van der Waals surface area contributed by atoms with Gasteiger partial charge in [0, 0.05) is 5.92 Å². The van der Waals surface area contributed by atoms with Gasteiger partial charge in [-0.15, -0.1) is 0 Å². The summed E-state index contributed by atoms with van der Waals surface area (Å²) in [5, 5.41) is 0. The van der Waals surface area contributed by atoms with Crippen molar-refractivity contribution in [1.29, 1.82) is 0 Å². The Morgan fingerprint density at radius 2 is 1.62 bits per heavy atom. The second-order valence-electron chi connectivity index (χ2n) is 4.34. The number of rotatable bonds is 3. The van der Waals surface area contributed by atoms with Gasteiger partial charge in [-0.25, -0.2) is 0 Å². The van der Waals surface area contributed by atoms with Gasteiger partial charge in [-0.05, 0) is 39.9 Å². The van der Waals surface area contributed by atoms with Gasteiger partial charge in [0.1, 0.15) is 6.29 Å². The molecular weight excluding hydrogens is 198 g/mol. The van der Waals surface area contributed by atoms with Gasteiger partial charge < -0.3 is 9.69 Å². The van der Waals surface area contributed by atoms with Gasteiger partial charge >= 0.3 is 0 Å². The normalized spacial score (nSPS) is 15.6. The number of hydrogen-bond acceptors (Lipinski definition) is 2. The van der Waals surface area contributed by atoms with Crippen LogP contribution < -0.4 is 0 Å². The van der Waals surface area contributed by atoms with E-state index in [1.807, 2.05) is 13.8 Å². The van der Waals surface area contributed by atoms with E-state index < -0.39 is 0 Å². The van der Waals surface area contributed by atoms with E-state index in [1.54, 1.807) is 0 Å². The van der Waals surface area contributed by atoms with Crippen LogP contribution in [0.2, 0.25) is 0 Å². The number of aldehydes is 1. The van der Waals surface area contributed by atoms with Gasteiger partial charge in [0.15, 0.2) is 0 Å². The summed E-state index contributed by atoms with van der Waals surface area (Å²) >= 11 is 0. The first-order valence-electron chi connectivity index (χ1n) is 6.80. The highest BCUT2D eigenvalue weighted by molar-refractivity contribution is 5.53. The lowest BCUT2D eigenvalue weighted by Crippen LogP contribution is -2.11. The summed E-state index contributed by atoms with van der Waals surface area (Å²) in [5.74, 6) is 0.406. The van der Waals surface area contributed by atoms with Crippen LogP contribution in [0.5, 0.6) is 0 Å². The third-order valence-electron chi connectivity index (χ3n) is 2.51. The zero-order chi connectivity index (χ0) is 12.8. The van der Waals surface area contributed by atoms with E-state index in [9.17, 15) is 4.79 Å². The number of hydrogen-bond donors (Lipinski definition) is 0. The summed E-state index contributed by atoms with van der Waals surface area (Å²) < 4.78 is 0. The van der Waals surface area contributed by atoms with Gasteiger partial charge in [0.2, 0.25) is 0 Å². The van der Waals surface area contributed by atoms with Gasteiger partial charge in [-0.3, -0.25) is 0 Å². The molecule has 0 N–H and O–H groups in total. The lowest BCUT2D eigenvalue weighted by Gasteiger charge is -2.14. The fourth-order valence-electron chi connectivity index (χ4n) is 1.72. The van der Waals surface area contributed by atoms with Crippen LogP contribution in [0.4, 0.5) is 0 Å². The molecule has 1 aliphatic rings. The number of nitrogens with zero attached hydrogens (tertiary/aromatic N) is 1. The van der Waals surface area contributed by atoms with Crippen LogP contribution >= 0.6 is 0 Å². The highest BCUT2D eigenvalue weighted by Gasteiger charge is 2.10. The van der Waals surface area contributed by atoms with Crippen LogP contribution in [0, 0.1) is 5.92 Å². The molecule has 16 heavy (non-hydrogen) atoms. The van der Waals surface area contributed by atoms with Gasteiger partial charge in [0.05, 0.1) is 0 Å². The molecule has 0 aliphatic heterocycles. The highest BCUT2D eigenvalue weighted by Crippen LogP contribution is 2.21. The first-order valence-corrected chi connectivity index (χ1v) is 6.80. The van der Waals surface area contributed by atoms with E-state index >= 15 is 0 Å². The molecule has 0 unspecified atom stereocenters. The molecule has 1 aliphatic carbocycles. The average Bonchev–Trinajstić information content (AvgIpc) is 2.33. The molecule has 0 atom stereocenters. The van der Waals surface area contributed by atoms with Gasteiger partial charge in [-0.1, -0.05) is 40.0 Å². The van der Waals surface area contributed by atoms with Crippen molar-refractivity contribution in [3.8, 4) is 0 Å². The molecule has 0 radical (unpaired) electrons. The summed E-state index contributed by atoms with van der Waals surface area (Å²) in [6, 6.07) is 0. The molecule has 98 valence electrons. The van der Waals surface area contributed by atoms with E-state index in [2.05, 4.69) is 25.9 Å². The topological polar surface area (TPSA) is 20.3 Å². The van der Waals surface area contributed by atoms with Crippen molar-refractivity contribution in [3.63, 3.8) is 0 Å². The second kappa shape index (κ2) is 14.6. The van der Waals surface area contributed by atoms with Crippen LogP contribution in [0.1, 0.15) is 59.3 Å². The maximum Gasteiger partial charge on any atom is 0.123 e. The monoisotopic (exact) mass is 229 g/mol. The molecule has 0 aromatic heterocycles. The van der Waals surface area contributed by atoms with Crippen LogP contribution in [-0.4, -0.2) is 31.8 Å². The van der Waals surface area contributed by atoms with Crippen molar-refractivity contribution in [3.05, 3.63) is 0 Å². The quantitative estimate of drug-likeness (QED) is 0.687. The van der Waals surface area contributed by atoms with Crippen molar-refractivity contribution in [2.45, 2.75) is 59.3 Å². The number of carbonyl (C=O) groups excluding carboxylic acids is 1. The Morgan fingerprint density at radius 1 is 1.12 bits per heavy atom. The highest BCUT2D eigenvalue weighted by atomic mass is 16.1. The summed E-state index contributed by atoms with van der Waals surface area (Å²) in [5.41, 5.74) is 0. The molecule has 2 nitrogen and oxygen atoms in total. The fourth-order valence-corrected chi connectivity index (χ4v) is 1.72. The molecule has 1 saturated carbocycles. The van der Waals surface area contributed by atoms with Gasteiger partial charge in [0.25, 0.3) is 0 Å². The molecule has 2 heteroatoms. The summed E-state index contributed by atoms with van der Waals surface area (Å²) in [6.45, 7) is 7.39. The van der Waals surface area contributed by atoms with Crippen LogP contribution in [-0.2, 0) is 4.79 Å². The lowest BCUT2D eigenvalue weighted by molar-refractivity contribution is -0.111. The maximum absolute atomic E-state index is 10.2.